The fourth-order valence-corrected chi connectivity index (χ4v) is 2.92. The van der Waals surface area contributed by atoms with Gasteiger partial charge in [-0.1, -0.05) is 23.7 Å². The van der Waals surface area contributed by atoms with Crippen LogP contribution < -0.4 is 14.9 Å². The zero-order chi connectivity index (χ0) is 23.1. The zero-order valence-electron chi connectivity index (χ0n) is 17.4. The molecule has 0 aliphatic rings. The normalized spacial score (nSPS) is 11.7. The highest BCUT2D eigenvalue weighted by atomic mass is 35.5. The lowest BCUT2D eigenvalue weighted by atomic mass is 10.2. The Kier molecular flexibility index (Phi) is 7.46. The first-order valence-electron chi connectivity index (χ1n) is 9.69. The van der Waals surface area contributed by atoms with Crippen LogP contribution in [0.3, 0.4) is 0 Å². The fourth-order valence-electron chi connectivity index (χ4n) is 2.70. The average Bonchev–Trinajstić information content (AvgIpc) is 2.77. The Balaban J connectivity index is 1.53. The Morgan fingerprint density at radius 3 is 2.50 bits per heavy atom. The minimum atomic E-state index is -0.819. The maximum Gasteiger partial charge on any atom is 0.352 e. The Morgan fingerprint density at radius 1 is 1.09 bits per heavy atom. The molecular weight excluding hydrogens is 432 g/mol. The van der Waals surface area contributed by atoms with E-state index in [9.17, 15) is 14.7 Å². The second kappa shape index (κ2) is 10.5. The first-order valence-corrected chi connectivity index (χ1v) is 10.1. The topological polar surface area (TPSA) is 97.2 Å². The highest BCUT2D eigenvalue weighted by Gasteiger charge is 2.18. The third-order valence-electron chi connectivity index (χ3n) is 4.40. The molecule has 1 amide bonds. The van der Waals surface area contributed by atoms with Gasteiger partial charge in [-0.3, -0.25) is 4.79 Å². The first-order chi connectivity index (χ1) is 15.3. The fraction of sp³-hybridized carbons (Fsp3) is 0.125. The number of nitrogens with zero attached hydrogens (tertiary/aromatic N) is 1. The van der Waals surface area contributed by atoms with Crippen molar-refractivity contribution in [3.63, 3.8) is 0 Å². The molecule has 2 N–H and O–H groups in total. The van der Waals surface area contributed by atoms with Crippen LogP contribution in [0.4, 0.5) is 0 Å². The van der Waals surface area contributed by atoms with E-state index >= 15 is 0 Å². The van der Waals surface area contributed by atoms with Gasteiger partial charge in [-0.2, -0.15) is 5.10 Å². The molecule has 0 aliphatic carbocycles. The van der Waals surface area contributed by atoms with Crippen molar-refractivity contribution < 1.29 is 24.2 Å². The van der Waals surface area contributed by atoms with Gasteiger partial charge in [0.1, 0.15) is 17.2 Å². The summed E-state index contributed by atoms with van der Waals surface area (Å²) in [7, 11) is 0. The first kappa shape index (κ1) is 22.8. The van der Waals surface area contributed by atoms with Gasteiger partial charge < -0.3 is 14.6 Å². The van der Waals surface area contributed by atoms with E-state index in [1.807, 2.05) is 6.92 Å². The van der Waals surface area contributed by atoms with E-state index in [4.69, 9.17) is 21.1 Å². The molecule has 0 fully saturated rings. The van der Waals surface area contributed by atoms with Gasteiger partial charge in [-0.25, -0.2) is 10.2 Å². The van der Waals surface area contributed by atoms with Gasteiger partial charge in [-0.15, -0.1) is 0 Å². The molecule has 164 valence electrons. The molecule has 0 heterocycles. The summed E-state index contributed by atoms with van der Waals surface area (Å²) >= 11 is 5.93. The number of hydrogen-bond donors (Lipinski definition) is 2. The number of benzene rings is 3. The lowest BCUT2D eigenvalue weighted by Crippen LogP contribution is -2.28. The molecule has 0 spiro atoms. The van der Waals surface area contributed by atoms with E-state index in [0.29, 0.717) is 22.1 Å². The molecule has 0 saturated heterocycles. The number of phenolic OH excluding ortho intramolecular Hbond substituents is 1. The predicted octanol–water partition coefficient (Wildman–Crippen LogP) is 4.49. The van der Waals surface area contributed by atoms with Crippen molar-refractivity contribution >= 4 is 29.7 Å². The Hall–Kier alpha value is -3.84. The van der Waals surface area contributed by atoms with Crippen LogP contribution in [0, 0.1) is 6.92 Å². The van der Waals surface area contributed by atoms with Gasteiger partial charge in [0.2, 0.25) is 0 Å². The number of aromatic hydroxyl groups is 1. The molecule has 0 saturated carbocycles. The van der Waals surface area contributed by atoms with E-state index in [1.54, 1.807) is 61.5 Å². The molecule has 0 aromatic heterocycles. The Bertz CT molecular complexity index is 1150. The summed E-state index contributed by atoms with van der Waals surface area (Å²) < 4.78 is 11.0. The summed E-state index contributed by atoms with van der Waals surface area (Å²) in [5.41, 5.74) is 3.95. The van der Waals surface area contributed by atoms with Crippen molar-refractivity contribution in [3.05, 3.63) is 88.4 Å². The van der Waals surface area contributed by atoms with Crippen molar-refractivity contribution in [2.45, 2.75) is 20.0 Å². The number of hydrazone groups is 1. The van der Waals surface area contributed by atoms with Gasteiger partial charge in [0.25, 0.3) is 5.91 Å². The number of amides is 1. The quantitative estimate of drug-likeness (QED) is 0.238. The van der Waals surface area contributed by atoms with Crippen LogP contribution in [0.25, 0.3) is 0 Å². The molecule has 0 aliphatic heterocycles. The maximum absolute atomic E-state index is 12.3. The second-order valence-electron chi connectivity index (χ2n) is 6.88. The van der Waals surface area contributed by atoms with Crippen molar-refractivity contribution in [2.24, 2.45) is 5.10 Å². The SMILES string of the molecule is Cc1cc(Cl)ccc1OC(C)C(=O)Oc1ccc(C=NNC(=O)c2ccccc2O)cc1. The molecule has 7 nitrogen and oxygen atoms in total. The van der Waals surface area contributed by atoms with E-state index in [0.717, 1.165) is 5.56 Å². The van der Waals surface area contributed by atoms with Gasteiger partial charge in [0.05, 0.1) is 11.8 Å². The largest absolute Gasteiger partial charge is 0.507 e. The van der Waals surface area contributed by atoms with Crippen molar-refractivity contribution in [1.29, 1.82) is 0 Å². The number of carbonyl (C=O) groups is 2. The number of esters is 1. The number of phenols is 1. The molecule has 3 aromatic carbocycles. The summed E-state index contributed by atoms with van der Waals surface area (Å²) in [6.07, 6.45) is 0.610. The second-order valence-corrected chi connectivity index (χ2v) is 7.31. The smallest absolute Gasteiger partial charge is 0.352 e. The van der Waals surface area contributed by atoms with Crippen LogP contribution in [-0.4, -0.2) is 29.3 Å². The molecule has 3 rings (SSSR count). The van der Waals surface area contributed by atoms with Crippen molar-refractivity contribution in [3.8, 4) is 17.2 Å². The standard InChI is InChI=1S/C24H21ClN2O5/c1-15-13-18(25)9-12-22(15)31-16(2)24(30)32-19-10-7-17(8-11-19)14-26-27-23(29)20-5-3-4-6-21(20)28/h3-14,16,28H,1-2H3,(H,27,29). The van der Waals surface area contributed by atoms with Crippen LogP contribution in [-0.2, 0) is 4.79 Å². The predicted molar refractivity (Wildman–Crippen MR) is 122 cm³/mol. The number of nitrogens with one attached hydrogen (secondary N) is 1. The number of carbonyl (C=O) groups excluding carboxylic acids is 2. The van der Waals surface area contributed by atoms with Crippen LogP contribution in [0.5, 0.6) is 17.2 Å². The molecule has 1 unspecified atom stereocenters. The van der Waals surface area contributed by atoms with Crippen molar-refractivity contribution in [2.75, 3.05) is 0 Å². The minimum Gasteiger partial charge on any atom is -0.507 e. The van der Waals surface area contributed by atoms with E-state index in [-0.39, 0.29) is 11.3 Å². The van der Waals surface area contributed by atoms with Gasteiger partial charge >= 0.3 is 5.97 Å². The van der Waals surface area contributed by atoms with Gasteiger partial charge in [0, 0.05) is 5.02 Å². The lowest BCUT2D eigenvalue weighted by Gasteiger charge is -2.15. The average molecular weight is 453 g/mol. The van der Waals surface area contributed by atoms with Crippen LogP contribution in [0.15, 0.2) is 71.8 Å². The zero-order valence-corrected chi connectivity index (χ0v) is 18.2. The number of aryl methyl sites for hydroxylation is 1. The number of halogens is 1. The van der Waals surface area contributed by atoms with Crippen LogP contribution in [0.1, 0.15) is 28.4 Å². The number of ether oxygens (including phenoxy) is 2. The summed E-state index contributed by atoms with van der Waals surface area (Å²) in [6.45, 7) is 3.44. The molecule has 32 heavy (non-hydrogen) atoms. The lowest BCUT2D eigenvalue weighted by molar-refractivity contribution is -0.141. The summed E-state index contributed by atoms with van der Waals surface area (Å²) in [6, 6.07) is 17.9. The highest BCUT2D eigenvalue weighted by molar-refractivity contribution is 6.30. The van der Waals surface area contributed by atoms with Crippen LogP contribution in [0.2, 0.25) is 5.02 Å². The third-order valence-corrected chi connectivity index (χ3v) is 4.63. The molecule has 0 radical (unpaired) electrons. The van der Waals surface area contributed by atoms with Gasteiger partial charge in [-0.05, 0) is 79.6 Å². The Morgan fingerprint density at radius 2 is 1.81 bits per heavy atom. The Labute approximate surface area is 190 Å². The third kappa shape index (κ3) is 6.09. The van der Waals surface area contributed by atoms with E-state index < -0.39 is 18.0 Å². The maximum atomic E-state index is 12.3. The summed E-state index contributed by atoms with van der Waals surface area (Å²) in [4.78, 5) is 24.3. The van der Waals surface area contributed by atoms with E-state index in [1.165, 1.54) is 18.3 Å². The van der Waals surface area contributed by atoms with E-state index in [2.05, 4.69) is 10.5 Å². The number of para-hydroxylation sites is 1. The monoisotopic (exact) mass is 452 g/mol. The summed E-state index contributed by atoms with van der Waals surface area (Å²) in [5.74, 6) is -0.314. The molecule has 0 bridgehead atoms. The van der Waals surface area contributed by atoms with Crippen molar-refractivity contribution in [1.82, 2.24) is 5.43 Å². The molecule has 3 aromatic rings. The van der Waals surface area contributed by atoms with Gasteiger partial charge in [0.15, 0.2) is 6.10 Å². The molecular formula is C24H21ClN2O5. The number of hydrogen-bond acceptors (Lipinski definition) is 6. The minimum absolute atomic E-state index is 0.122. The molecule has 8 heteroatoms. The number of rotatable bonds is 7. The highest BCUT2D eigenvalue weighted by Crippen LogP contribution is 2.23. The van der Waals surface area contributed by atoms with Crippen LogP contribution >= 0.6 is 11.6 Å². The summed E-state index contributed by atoms with van der Waals surface area (Å²) in [5, 5.41) is 14.1. The molecule has 1 atom stereocenters.